The van der Waals surface area contributed by atoms with Crippen LogP contribution >= 0.6 is 11.6 Å². The summed E-state index contributed by atoms with van der Waals surface area (Å²) in [7, 11) is -3.95. The smallest absolute Gasteiger partial charge is 0.338 e. The predicted octanol–water partition coefficient (Wildman–Crippen LogP) is 2.74. The topological polar surface area (TPSA) is 84.0 Å². The molecule has 0 N–H and O–H groups in total. The molecular weight excluding hydrogens is 435 g/mol. The summed E-state index contributed by atoms with van der Waals surface area (Å²) in [6, 6.07) is 9.82. The van der Waals surface area contributed by atoms with Crippen molar-refractivity contribution >= 4 is 39.1 Å². The number of ether oxygens (including phenoxy) is 1. The van der Waals surface area contributed by atoms with Crippen LogP contribution in [-0.4, -0.2) is 57.3 Å². The van der Waals surface area contributed by atoms with Gasteiger partial charge in [-0.2, -0.15) is 4.31 Å². The monoisotopic (exact) mass is 454 g/mol. The largest absolute Gasteiger partial charge is 0.454 e. The minimum absolute atomic E-state index is 0.0100. The van der Waals surface area contributed by atoms with Gasteiger partial charge >= 0.3 is 5.97 Å². The number of nitrogens with zero attached hydrogens (tertiary/aromatic N) is 2. The second kappa shape index (κ2) is 9.11. The summed E-state index contributed by atoms with van der Waals surface area (Å²) in [6.45, 7) is 2.13. The summed E-state index contributed by atoms with van der Waals surface area (Å²) in [5.74, 6) is -1.47. The quantitative estimate of drug-likeness (QED) is 0.624. The number of esters is 1. The van der Waals surface area contributed by atoms with Gasteiger partial charge in [0.05, 0.1) is 10.6 Å². The summed E-state index contributed by atoms with van der Waals surface area (Å²) in [5.41, 5.74) is 0.797. The van der Waals surface area contributed by atoms with E-state index in [-0.39, 0.29) is 40.2 Å². The molecular formula is C20H20ClFN2O5S. The summed E-state index contributed by atoms with van der Waals surface area (Å²) < 4.78 is 45.4. The van der Waals surface area contributed by atoms with Crippen molar-refractivity contribution in [2.24, 2.45) is 0 Å². The van der Waals surface area contributed by atoms with Gasteiger partial charge in [0.25, 0.3) is 0 Å². The Balaban J connectivity index is 1.75. The maximum absolute atomic E-state index is 13.1. The number of ketones is 1. The number of rotatable bonds is 6. The van der Waals surface area contributed by atoms with Crippen LogP contribution in [0.25, 0.3) is 0 Å². The highest BCUT2D eigenvalue weighted by Gasteiger charge is 2.31. The van der Waals surface area contributed by atoms with E-state index in [1.807, 2.05) is 4.90 Å². The van der Waals surface area contributed by atoms with E-state index in [0.717, 1.165) is 11.8 Å². The van der Waals surface area contributed by atoms with Crippen molar-refractivity contribution in [2.75, 3.05) is 37.7 Å². The summed E-state index contributed by atoms with van der Waals surface area (Å²) >= 11 is 6.11. The fourth-order valence-electron chi connectivity index (χ4n) is 3.06. The molecule has 1 aliphatic heterocycles. The zero-order valence-corrected chi connectivity index (χ0v) is 17.7. The average molecular weight is 455 g/mol. The van der Waals surface area contributed by atoms with Gasteiger partial charge in [0, 0.05) is 31.9 Å². The molecule has 160 valence electrons. The average Bonchev–Trinajstić information content (AvgIpc) is 2.73. The number of sulfonamides is 1. The highest BCUT2D eigenvalue weighted by Crippen LogP contribution is 2.28. The normalized spacial score (nSPS) is 15.1. The molecule has 0 aliphatic carbocycles. The standard InChI is InChI=1S/C20H20ClFN2O5S/c1-14(25)13-29-20(26)15-2-7-18(21)19(12-15)30(27,28)24-10-8-23(9-11-24)17-5-3-16(22)4-6-17/h2-7,12H,8-11,13H2,1H3. The molecule has 7 nitrogen and oxygen atoms in total. The van der Waals surface area contributed by atoms with Gasteiger partial charge in [-0.25, -0.2) is 17.6 Å². The second-order valence-electron chi connectivity index (χ2n) is 6.79. The Morgan fingerprint density at radius 2 is 1.70 bits per heavy atom. The molecule has 0 spiro atoms. The van der Waals surface area contributed by atoms with Crippen LogP contribution in [0, 0.1) is 5.82 Å². The Labute approximate surface area is 179 Å². The fourth-order valence-corrected chi connectivity index (χ4v) is 4.98. The van der Waals surface area contributed by atoms with E-state index in [9.17, 15) is 22.4 Å². The lowest BCUT2D eigenvalue weighted by Gasteiger charge is -2.35. The minimum atomic E-state index is -3.95. The Bertz CT molecular complexity index is 1050. The van der Waals surface area contributed by atoms with E-state index >= 15 is 0 Å². The fraction of sp³-hybridized carbons (Fsp3) is 0.300. The van der Waals surface area contributed by atoms with Gasteiger partial charge in [0.15, 0.2) is 5.78 Å². The lowest BCUT2D eigenvalue weighted by atomic mass is 10.2. The molecule has 0 bridgehead atoms. The lowest BCUT2D eigenvalue weighted by molar-refractivity contribution is -0.120. The van der Waals surface area contributed by atoms with Crippen LogP contribution in [0.3, 0.4) is 0 Å². The number of carbonyl (C=O) groups excluding carboxylic acids is 2. The number of benzene rings is 2. The second-order valence-corrected chi connectivity index (χ2v) is 9.10. The molecule has 3 rings (SSSR count). The van der Waals surface area contributed by atoms with Crippen LogP contribution in [0.15, 0.2) is 47.4 Å². The molecule has 0 atom stereocenters. The van der Waals surface area contributed by atoms with Crippen LogP contribution in [-0.2, 0) is 19.6 Å². The molecule has 0 aromatic heterocycles. The first kappa shape index (κ1) is 22.2. The van der Waals surface area contributed by atoms with Gasteiger partial charge in [0.1, 0.15) is 17.3 Å². The molecule has 2 aromatic carbocycles. The van der Waals surface area contributed by atoms with Crippen LogP contribution in [0.2, 0.25) is 5.02 Å². The Kier molecular flexibility index (Phi) is 6.74. The first-order valence-electron chi connectivity index (χ1n) is 9.15. The Morgan fingerprint density at radius 1 is 1.07 bits per heavy atom. The number of Topliss-reactive ketones (excluding diaryl/α,β-unsaturated/α-hetero) is 1. The molecule has 0 unspecified atom stereocenters. The van der Waals surface area contributed by atoms with E-state index in [1.165, 1.54) is 35.5 Å². The van der Waals surface area contributed by atoms with E-state index in [4.69, 9.17) is 16.3 Å². The number of piperazine rings is 1. The number of hydrogen-bond acceptors (Lipinski definition) is 6. The molecule has 1 aliphatic rings. The molecule has 10 heteroatoms. The van der Waals surface area contributed by atoms with Gasteiger partial charge in [-0.1, -0.05) is 11.6 Å². The van der Waals surface area contributed by atoms with Crippen molar-refractivity contribution in [1.82, 2.24) is 4.31 Å². The zero-order valence-electron chi connectivity index (χ0n) is 16.2. The summed E-state index contributed by atoms with van der Waals surface area (Å²) in [6.07, 6.45) is 0. The predicted molar refractivity (Wildman–Crippen MR) is 110 cm³/mol. The third kappa shape index (κ3) is 4.97. The lowest BCUT2D eigenvalue weighted by Crippen LogP contribution is -2.48. The van der Waals surface area contributed by atoms with Gasteiger partial charge in [-0.15, -0.1) is 0 Å². The maximum atomic E-state index is 13.1. The number of hydrogen-bond donors (Lipinski definition) is 0. The van der Waals surface area contributed by atoms with Crippen LogP contribution in [0.5, 0.6) is 0 Å². The maximum Gasteiger partial charge on any atom is 0.338 e. The number of carbonyl (C=O) groups is 2. The molecule has 1 heterocycles. The van der Waals surface area contributed by atoms with Crippen LogP contribution in [0.4, 0.5) is 10.1 Å². The first-order valence-corrected chi connectivity index (χ1v) is 11.0. The Morgan fingerprint density at radius 3 is 2.30 bits per heavy atom. The van der Waals surface area contributed by atoms with Gasteiger partial charge in [0.2, 0.25) is 10.0 Å². The van der Waals surface area contributed by atoms with Crippen LogP contribution < -0.4 is 4.90 Å². The highest BCUT2D eigenvalue weighted by atomic mass is 35.5. The van der Waals surface area contributed by atoms with Crippen molar-refractivity contribution in [3.8, 4) is 0 Å². The van der Waals surface area contributed by atoms with E-state index < -0.39 is 22.6 Å². The van der Waals surface area contributed by atoms with Crippen molar-refractivity contribution in [2.45, 2.75) is 11.8 Å². The third-order valence-electron chi connectivity index (χ3n) is 4.62. The summed E-state index contributed by atoms with van der Waals surface area (Å²) in [5, 5.41) is -0.0147. The van der Waals surface area contributed by atoms with E-state index in [0.29, 0.717) is 13.1 Å². The molecule has 0 saturated carbocycles. The zero-order chi connectivity index (χ0) is 21.9. The van der Waals surface area contributed by atoms with Gasteiger partial charge in [-0.3, -0.25) is 4.79 Å². The van der Waals surface area contributed by atoms with Crippen molar-refractivity contribution in [3.05, 3.63) is 58.9 Å². The molecule has 0 amide bonds. The molecule has 1 fully saturated rings. The van der Waals surface area contributed by atoms with E-state index in [2.05, 4.69) is 0 Å². The SMILES string of the molecule is CC(=O)COC(=O)c1ccc(Cl)c(S(=O)(=O)N2CCN(c3ccc(F)cc3)CC2)c1. The molecule has 2 aromatic rings. The van der Waals surface area contributed by atoms with Gasteiger partial charge in [-0.05, 0) is 49.4 Å². The first-order chi connectivity index (χ1) is 14.2. The van der Waals surface area contributed by atoms with Crippen molar-refractivity contribution < 1.29 is 27.1 Å². The van der Waals surface area contributed by atoms with E-state index in [1.54, 1.807) is 12.1 Å². The third-order valence-corrected chi connectivity index (χ3v) is 7.00. The molecule has 30 heavy (non-hydrogen) atoms. The van der Waals surface area contributed by atoms with Crippen LogP contribution in [0.1, 0.15) is 17.3 Å². The van der Waals surface area contributed by atoms with Crippen molar-refractivity contribution in [3.63, 3.8) is 0 Å². The van der Waals surface area contributed by atoms with Gasteiger partial charge < -0.3 is 9.64 Å². The summed E-state index contributed by atoms with van der Waals surface area (Å²) in [4.78, 5) is 24.8. The Hall–Kier alpha value is -2.49. The van der Waals surface area contributed by atoms with Crippen molar-refractivity contribution in [1.29, 1.82) is 0 Å². The minimum Gasteiger partial charge on any atom is -0.454 e. The molecule has 1 saturated heterocycles. The highest BCUT2D eigenvalue weighted by molar-refractivity contribution is 7.89. The molecule has 0 radical (unpaired) electrons. The number of anilines is 1. The number of halogens is 2.